The molecule has 6 nitrogen and oxygen atoms in total. The molecule has 1 aliphatic rings. The summed E-state index contributed by atoms with van der Waals surface area (Å²) in [6.45, 7) is 2.79. The van der Waals surface area contributed by atoms with Crippen molar-refractivity contribution >= 4 is 23.2 Å². The normalized spacial score (nSPS) is 21.0. The highest BCUT2D eigenvalue weighted by atomic mass is 32.1. The van der Waals surface area contributed by atoms with Gasteiger partial charge in [-0.25, -0.2) is 9.78 Å². The van der Waals surface area contributed by atoms with Crippen LogP contribution in [0.3, 0.4) is 0 Å². The summed E-state index contributed by atoms with van der Waals surface area (Å²) in [5, 5.41) is 19.6. The Morgan fingerprint density at radius 3 is 2.83 bits per heavy atom. The lowest BCUT2D eigenvalue weighted by Crippen LogP contribution is -2.30. The summed E-state index contributed by atoms with van der Waals surface area (Å²) < 4.78 is 0. The van der Waals surface area contributed by atoms with Gasteiger partial charge in [-0.1, -0.05) is 0 Å². The molecule has 0 aliphatic carbocycles. The van der Waals surface area contributed by atoms with Crippen molar-refractivity contribution in [2.75, 3.05) is 13.1 Å². The molecular weight excluding hydrogens is 256 g/mol. The van der Waals surface area contributed by atoms with Crippen LogP contribution in [0, 0.1) is 5.92 Å². The van der Waals surface area contributed by atoms with Gasteiger partial charge in [0.15, 0.2) is 0 Å². The van der Waals surface area contributed by atoms with E-state index in [1.54, 1.807) is 11.8 Å². The third-order valence-electron chi connectivity index (χ3n) is 3.10. The van der Waals surface area contributed by atoms with Crippen molar-refractivity contribution in [3.63, 3.8) is 0 Å². The molecule has 2 atom stereocenters. The van der Waals surface area contributed by atoms with E-state index >= 15 is 0 Å². The number of rotatable bonds is 3. The second kappa shape index (κ2) is 5.03. The van der Waals surface area contributed by atoms with E-state index in [9.17, 15) is 14.7 Å². The fourth-order valence-electron chi connectivity index (χ4n) is 2.00. The zero-order valence-electron chi connectivity index (χ0n) is 9.87. The summed E-state index contributed by atoms with van der Waals surface area (Å²) in [4.78, 5) is 28.1. The standard InChI is InChI=1S/C11H14N2O4S/c1-6(14)7-2-3-13(4-7)10(15)8-5-18-9(12-8)11(16)17/h5-7,14H,2-4H2,1H3,(H,16,17). The number of carboxylic acid groups (broad SMARTS) is 1. The van der Waals surface area contributed by atoms with Crippen molar-refractivity contribution in [3.8, 4) is 0 Å². The minimum absolute atomic E-state index is 0.0791. The molecule has 1 saturated heterocycles. The van der Waals surface area contributed by atoms with Crippen LogP contribution in [0.1, 0.15) is 33.6 Å². The summed E-state index contributed by atoms with van der Waals surface area (Å²) in [6.07, 6.45) is 0.326. The van der Waals surface area contributed by atoms with Gasteiger partial charge in [0.05, 0.1) is 6.10 Å². The summed E-state index contributed by atoms with van der Waals surface area (Å²) in [5.41, 5.74) is 0.170. The average Bonchev–Trinajstić information content (AvgIpc) is 2.97. The highest BCUT2D eigenvalue weighted by Gasteiger charge is 2.30. The quantitative estimate of drug-likeness (QED) is 0.843. The Labute approximate surface area is 108 Å². The number of aliphatic hydroxyl groups is 1. The van der Waals surface area contributed by atoms with Gasteiger partial charge in [-0.15, -0.1) is 11.3 Å². The Morgan fingerprint density at radius 2 is 2.33 bits per heavy atom. The molecule has 0 spiro atoms. The van der Waals surface area contributed by atoms with Crippen molar-refractivity contribution in [1.29, 1.82) is 0 Å². The van der Waals surface area contributed by atoms with Crippen LogP contribution in [0.25, 0.3) is 0 Å². The van der Waals surface area contributed by atoms with Gasteiger partial charge in [0.2, 0.25) is 5.01 Å². The van der Waals surface area contributed by atoms with Crippen LogP contribution in [-0.4, -0.2) is 51.2 Å². The van der Waals surface area contributed by atoms with Crippen molar-refractivity contribution in [1.82, 2.24) is 9.88 Å². The van der Waals surface area contributed by atoms with Gasteiger partial charge < -0.3 is 15.1 Å². The van der Waals surface area contributed by atoms with E-state index in [1.165, 1.54) is 5.38 Å². The summed E-state index contributed by atoms with van der Waals surface area (Å²) in [7, 11) is 0. The number of thiazole rings is 1. The minimum atomic E-state index is -1.12. The van der Waals surface area contributed by atoms with E-state index < -0.39 is 12.1 Å². The first kappa shape index (κ1) is 13.0. The smallest absolute Gasteiger partial charge is 0.365 e. The molecule has 1 aliphatic heterocycles. The number of amides is 1. The molecule has 1 aromatic heterocycles. The van der Waals surface area contributed by atoms with Gasteiger partial charge in [-0.2, -0.15) is 0 Å². The molecule has 2 heterocycles. The molecule has 0 radical (unpaired) electrons. The lowest BCUT2D eigenvalue weighted by Gasteiger charge is -2.16. The van der Waals surface area contributed by atoms with Crippen LogP contribution in [0.4, 0.5) is 0 Å². The average molecular weight is 270 g/mol. The molecular formula is C11H14N2O4S. The van der Waals surface area contributed by atoms with Crippen LogP contribution in [0.5, 0.6) is 0 Å². The Balaban J connectivity index is 2.05. The SMILES string of the molecule is CC(O)C1CCN(C(=O)c2csc(C(=O)O)n2)C1. The van der Waals surface area contributed by atoms with E-state index in [4.69, 9.17) is 5.11 Å². The first-order chi connectivity index (χ1) is 8.49. The predicted octanol–water partition coefficient (Wildman–Crippen LogP) is 0.684. The van der Waals surface area contributed by atoms with Crippen LogP contribution in [0.15, 0.2) is 5.38 Å². The van der Waals surface area contributed by atoms with Crippen LogP contribution in [-0.2, 0) is 0 Å². The second-order valence-corrected chi connectivity index (χ2v) is 5.24. The Bertz CT molecular complexity index is 471. The maximum atomic E-state index is 12.0. The highest BCUT2D eigenvalue weighted by molar-refractivity contribution is 7.11. The van der Waals surface area contributed by atoms with Gasteiger partial charge >= 0.3 is 5.97 Å². The third-order valence-corrected chi connectivity index (χ3v) is 3.93. The number of aliphatic hydroxyl groups excluding tert-OH is 1. The topological polar surface area (TPSA) is 90.7 Å². The summed E-state index contributed by atoms with van der Waals surface area (Å²) in [6, 6.07) is 0. The largest absolute Gasteiger partial charge is 0.476 e. The molecule has 1 aromatic rings. The molecule has 7 heteroatoms. The number of aromatic nitrogens is 1. The summed E-state index contributed by atoms with van der Waals surface area (Å²) in [5.74, 6) is -1.30. The van der Waals surface area contributed by atoms with Crippen LogP contribution < -0.4 is 0 Å². The molecule has 2 unspecified atom stereocenters. The fraction of sp³-hybridized carbons (Fsp3) is 0.545. The Hall–Kier alpha value is -1.47. The lowest BCUT2D eigenvalue weighted by atomic mass is 10.0. The Kier molecular flexibility index (Phi) is 3.63. The Morgan fingerprint density at radius 1 is 1.61 bits per heavy atom. The first-order valence-electron chi connectivity index (χ1n) is 5.65. The second-order valence-electron chi connectivity index (χ2n) is 4.38. The van der Waals surface area contributed by atoms with Gasteiger partial charge in [0.25, 0.3) is 5.91 Å². The number of carbonyl (C=O) groups is 2. The number of carbonyl (C=O) groups excluding carboxylic acids is 1. The van der Waals surface area contributed by atoms with Crippen molar-refractivity contribution in [2.45, 2.75) is 19.4 Å². The molecule has 0 aromatic carbocycles. The highest BCUT2D eigenvalue weighted by Crippen LogP contribution is 2.22. The van der Waals surface area contributed by atoms with E-state index in [1.807, 2.05) is 0 Å². The molecule has 0 saturated carbocycles. The van der Waals surface area contributed by atoms with Crippen LogP contribution in [0.2, 0.25) is 0 Å². The molecule has 2 rings (SSSR count). The number of nitrogens with zero attached hydrogens (tertiary/aromatic N) is 2. The van der Waals surface area contributed by atoms with Crippen molar-refractivity contribution < 1.29 is 19.8 Å². The van der Waals surface area contributed by atoms with Gasteiger partial charge in [-0.05, 0) is 13.3 Å². The summed E-state index contributed by atoms with van der Waals surface area (Å²) >= 11 is 0.944. The molecule has 18 heavy (non-hydrogen) atoms. The maximum absolute atomic E-state index is 12.0. The zero-order valence-corrected chi connectivity index (χ0v) is 10.7. The minimum Gasteiger partial charge on any atom is -0.476 e. The number of aromatic carboxylic acids is 1. The molecule has 0 bridgehead atoms. The van der Waals surface area contributed by atoms with Crippen LogP contribution >= 0.6 is 11.3 Å². The molecule has 2 N–H and O–H groups in total. The van der Waals surface area contributed by atoms with Gasteiger partial charge in [0, 0.05) is 24.4 Å². The van der Waals surface area contributed by atoms with Gasteiger partial charge in [0.1, 0.15) is 5.69 Å². The number of carboxylic acids is 1. The monoisotopic (exact) mass is 270 g/mol. The van der Waals surface area contributed by atoms with E-state index in [0.717, 1.165) is 17.8 Å². The zero-order chi connectivity index (χ0) is 13.3. The first-order valence-corrected chi connectivity index (χ1v) is 6.53. The van der Waals surface area contributed by atoms with Crippen molar-refractivity contribution in [3.05, 3.63) is 16.1 Å². The number of likely N-dealkylation sites (tertiary alicyclic amines) is 1. The lowest BCUT2D eigenvalue weighted by molar-refractivity contribution is 0.0696. The van der Waals surface area contributed by atoms with Crippen molar-refractivity contribution in [2.24, 2.45) is 5.92 Å². The van der Waals surface area contributed by atoms with E-state index in [-0.39, 0.29) is 22.5 Å². The third kappa shape index (κ3) is 2.51. The predicted molar refractivity (Wildman–Crippen MR) is 64.8 cm³/mol. The number of hydrogen-bond acceptors (Lipinski definition) is 5. The maximum Gasteiger partial charge on any atom is 0.365 e. The van der Waals surface area contributed by atoms with Gasteiger partial charge in [-0.3, -0.25) is 4.79 Å². The number of hydrogen-bond donors (Lipinski definition) is 2. The van der Waals surface area contributed by atoms with E-state index in [2.05, 4.69) is 4.98 Å². The molecule has 98 valence electrons. The molecule has 1 amide bonds. The molecule has 1 fully saturated rings. The fourth-order valence-corrected chi connectivity index (χ4v) is 2.63. The van der Waals surface area contributed by atoms with E-state index in [0.29, 0.717) is 13.1 Å².